The van der Waals surface area contributed by atoms with Crippen molar-refractivity contribution in [2.45, 2.75) is 56.9 Å². The van der Waals surface area contributed by atoms with E-state index in [-0.39, 0.29) is 37.1 Å². The minimum Gasteiger partial charge on any atom is -0.349 e. The lowest BCUT2D eigenvalue weighted by molar-refractivity contribution is -0.134. The van der Waals surface area contributed by atoms with Crippen LogP contribution in [0.2, 0.25) is 0 Å². The van der Waals surface area contributed by atoms with E-state index in [4.69, 9.17) is 0 Å². The van der Waals surface area contributed by atoms with Crippen LogP contribution in [0, 0.1) is 11.8 Å². The zero-order valence-corrected chi connectivity index (χ0v) is 11.6. The van der Waals surface area contributed by atoms with Crippen molar-refractivity contribution in [2.24, 2.45) is 11.8 Å². The second-order valence-corrected chi connectivity index (χ2v) is 6.40. The van der Waals surface area contributed by atoms with Gasteiger partial charge in [0.15, 0.2) is 0 Å². The zero-order valence-electron chi connectivity index (χ0n) is 11.6. The smallest absolute Gasteiger partial charge is 0.248 e. The zero-order chi connectivity index (χ0) is 14.2. The molecule has 3 aliphatic carbocycles. The van der Waals surface area contributed by atoms with E-state index in [1.165, 1.54) is 5.57 Å². The molecule has 0 radical (unpaired) electrons. The lowest BCUT2D eigenvalue weighted by Gasteiger charge is -2.34. The first-order valence-electron chi connectivity index (χ1n) is 7.57. The van der Waals surface area contributed by atoms with E-state index in [1.54, 1.807) is 0 Å². The highest BCUT2D eigenvalue weighted by molar-refractivity contribution is 5.77. The van der Waals surface area contributed by atoms with Gasteiger partial charge in [0, 0.05) is 19.3 Å². The van der Waals surface area contributed by atoms with Crippen molar-refractivity contribution in [2.75, 3.05) is 0 Å². The maximum Gasteiger partial charge on any atom is 0.248 e. The molecule has 0 aromatic rings. The summed E-state index contributed by atoms with van der Waals surface area (Å²) >= 11 is 0. The number of hydrogen-bond acceptors (Lipinski definition) is 1. The van der Waals surface area contributed by atoms with Gasteiger partial charge in [-0.2, -0.15) is 0 Å². The summed E-state index contributed by atoms with van der Waals surface area (Å²) in [5, 5.41) is 3.07. The van der Waals surface area contributed by atoms with Crippen LogP contribution in [-0.4, -0.2) is 17.9 Å². The summed E-state index contributed by atoms with van der Waals surface area (Å²) in [6.45, 7) is 0. The number of alkyl halides is 2. The quantitative estimate of drug-likeness (QED) is 0.819. The molecule has 3 rings (SSSR count). The number of nitrogens with one attached hydrogen (secondary N) is 1. The summed E-state index contributed by atoms with van der Waals surface area (Å²) in [5.41, 5.74) is 1.20. The average molecular weight is 281 g/mol. The highest BCUT2D eigenvalue weighted by Crippen LogP contribution is 2.44. The molecule has 0 aromatic carbocycles. The third-order valence-electron chi connectivity index (χ3n) is 4.44. The topological polar surface area (TPSA) is 29.1 Å². The maximum atomic E-state index is 12.8. The minimum atomic E-state index is -2.53. The third-order valence-corrected chi connectivity index (χ3v) is 4.44. The van der Waals surface area contributed by atoms with E-state index in [0.29, 0.717) is 5.92 Å². The van der Waals surface area contributed by atoms with E-state index in [0.717, 1.165) is 25.7 Å². The number of hydrogen-bond donors (Lipinski definition) is 1. The monoisotopic (exact) mass is 281 g/mol. The van der Waals surface area contributed by atoms with Crippen molar-refractivity contribution >= 4 is 5.91 Å². The summed E-state index contributed by atoms with van der Waals surface area (Å²) in [7, 11) is 0. The second-order valence-electron chi connectivity index (χ2n) is 6.40. The van der Waals surface area contributed by atoms with Gasteiger partial charge in [0.1, 0.15) is 0 Å². The minimum absolute atomic E-state index is 0.0673. The van der Waals surface area contributed by atoms with Gasteiger partial charge in [0.2, 0.25) is 11.8 Å². The van der Waals surface area contributed by atoms with Crippen molar-refractivity contribution in [3.8, 4) is 0 Å². The number of allylic oxidation sites excluding steroid dienone is 2. The summed E-state index contributed by atoms with van der Waals surface area (Å²) < 4.78 is 25.6. The van der Waals surface area contributed by atoms with Gasteiger partial charge in [0.05, 0.1) is 6.04 Å². The highest BCUT2D eigenvalue weighted by atomic mass is 19.3. The fourth-order valence-electron chi connectivity index (χ4n) is 3.19. The van der Waals surface area contributed by atoms with Crippen LogP contribution in [0.25, 0.3) is 0 Å². The summed E-state index contributed by atoms with van der Waals surface area (Å²) in [5.74, 6) is -2.20. The molecule has 4 heteroatoms. The van der Waals surface area contributed by atoms with Crippen LogP contribution in [0.3, 0.4) is 0 Å². The number of amides is 1. The lowest BCUT2D eigenvalue weighted by atomic mass is 9.79. The molecule has 1 N–H and O–H groups in total. The van der Waals surface area contributed by atoms with Gasteiger partial charge in [-0.25, -0.2) is 8.78 Å². The third kappa shape index (κ3) is 3.28. The fourth-order valence-corrected chi connectivity index (χ4v) is 3.19. The SMILES string of the molecule is O=C(CC1CC(F)(F)C1)N[C@@H](C1=CCCC=C1)C1CC1. The Bertz CT molecular complexity index is 443. The van der Waals surface area contributed by atoms with Crippen LogP contribution < -0.4 is 5.32 Å². The molecule has 2 nitrogen and oxygen atoms in total. The Kier molecular flexibility index (Phi) is 3.65. The van der Waals surface area contributed by atoms with Crippen LogP contribution in [0.1, 0.15) is 44.9 Å². The summed E-state index contributed by atoms with van der Waals surface area (Å²) in [4.78, 5) is 12.0. The average Bonchev–Trinajstić information content (AvgIpc) is 3.19. The van der Waals surface area contributed by atoms with Crippen LogP contribution in [0.15, 0.2) is 23.8 Å². The van der Waals surface area contributed by atoms with Crippen LogP contribution >= 0.6 is 0 Å². The summed E-state index contributed by atoms with van der Waals surface area (Å²) in [6, 6.07) is 0.0969. The van der Waals surface area contributed by atoms with Crippen LogP contribution in [0.5, 0.6) is 0 Å². The lowest BCUT2D eigenvalue weighted by Crippen LogP contribution is -2.42. The molecule has 0 unspecified atom stereocenters. The van der Waals surface area contributed by atoms with E-state index in [9.17, 15) is 13.6 Å². The Morgan fingerprint density at radius 2 is 2.10 bits per heavy atom. The van der Waals surface area contributed by atoms with Gasteiger partial charge >= 0.3 is 0 Å². The molecule has 2 saturated carbocycles. The van der Waals surface area contributed by atoms with E-state index in [2.05, 4.69) is 23.5 Å². The molecular formula is C16H21F2NO. The van der Waals surface area contributed by atoms with Gasteiger partial charge in [-0.15, -0.1) is 0 Å². The van der Waals surface area contributed by atoms with Crippen LogP contribution in [-0.2, 0) is 4.79 Å². The molecule has 110 valence electrons. The highest BCUT2D eigenvalue weighted by Gasteiger charge is 2.46. The number of rotatable bonds is 5. The molecule has 20 heavy (non-hydrogen) atoms. The predicted molar refractivity (Wildman–Crippen MR) is 73.4 cm³/mol. The first-order valence-corrected chi connectivity index (χ1v) is 7.57. The van der Waals surface area contributed by atoms with E-state index in [1.807, 2.05) is 0 Å². The molecule has 0 bridgehead atoms. The molecule has 0 saturated heterocycles. The van der Waals surface area contributed by atoms with Crippen molar-refractivity contribution < 1.29 is 13.6 Å². The fraction of sp³-hybridized carbons (Fsp3) is 0.688. The van der Waals surface area contributed by atoms with Gasteiger partial charge in [0.25, 0.3) is 0 Å². The van der Waals surface area contributed by atoms with E-state index >= 15 is 0 Å². The van der Waals surface area contributed by atoms with Gasteiger partial charge < -0.3 is 5.32 Å². The molecule has 0 aromatic heterocycles. The van der Waals surface area contributed by atoms with Crippen molar-refractivity contribution in [3.05, 3.63) is 23.8 Å². The molecule has 3 aliphatic rings. The normalized spacial score (nSPS) is 26.6. The Labute approximate surface area is 118 Å². The molecular weight excluding hydrogens is 260 g/mol. The van der Waals surface area contributed by atoms with Crippen molar-refractivity contribution in [3.63, 3.8) is 0 Å². The second kappa shape index (κ2) is 5.30. The number of carbonyl (C=O) groups is 1. The molecule has 0 aliphatic heterocycles. The first kappa shape index (κ1) is 13.8. The van der Waals surface area contributed by atoms with E-state index < -0.39 is 5.92 Å². The van der Waals surface area contributed by atoms with Crippen molar-refractivity contribution in [1.82, 2.24) is 5.32 Å². The molecule has 0 spiro atoms. The predicted octanol–water partition coefficient (Wildman–Crippen LogP) is 3.59. The molecule has 1 atom stereocenters. The molecule has 1 amide bonds. The van der Waals surface area contributed by atoms with Crippen LogP contribution in [0.4, 0.5) is 8.78 Å². The van der Waals surface area contributed by atoms with Crippen molar-refractivity contribution in [1.29, 1.82) is 0 Å². The number of carbonyl (C=O) groups excluding carboxylic acids is 1. The molecule has 0 heterocycles. The Morgan fingerprint density at radius 1 is 1.35 bits per heavy atom. The Balaban J connectivity index is 1.53. The Morgan fingerprint density at radius 3 is 2.65 bits per heavy atom. The Hall–Kier alpha value is -1.19. The number of halogens is 2. The van der Waals surface area contributed by atoms with Gasteiger partial charge in [-0.05, 0) is 43.1 Å². The first-order chi connectivity index (χ1) is 9.53. The largest absolute Gasteiger partial charge is 0.349 e. The summed E-state index contributed by atoms with van der Waals surface area (Å²) in [6.07, 6.45) is 10.8. The van der Waals surface area contributed by atoms with Gasteiger partial charge in [-0.1, -0.05) is 18.2 Å². The molecule has 2 fully saturated rings. The maximum absolute atomic E-state index is 12.8. The van der Waals surface area contributed by atoms with Gasteiger partial charge in [-0.3, -0.25) is 4.79 Å². The standard InChI is InChI=1S/C16H21F2NO/c17-16(18)9-11(10-16)8-14(20)19-15(13-6-7-13)12-4-2-1-3-5-12/h2,4-5,11,13,15H,1,3,6-10H2,(H,19,20)/t15-/m0/s1.